The monoisotopic (exact) mass is 419 g/mol. The second-order valence-corrected chi connectivity index (χ2v) is 7.99. The maximum Gasteiger partial charge on any atom is 0.271 e. The van der Waals surface area contributed by atoms with E-state index in [0.29, 0.717) is 26.9 Å². The average molecular weight is 420 g/mol. The molecule has 0 spiro atoms. The smallest absolute Gasteiger partial charge is 0.271 e. The predicted molar refractivity (Wildman–Crippen MR) is 115 cm³/mol. The summed E-state index contributed by atoms with van der Waals surface area (Å²) in [5, 5.41) is 0.623. The summed E-state index contributed by atoms with van der Waals surface area (Å²) in [7, 11) is 0. The molecule has 0 amide bonds. The molecule has 29 heavy (non-hydrogen) atoms. The van der Waals surface area contributed by atoms with Gasteiger partial charge in [-0.1, -0.05) is 54.1 Å². The summed E-state index contributed by atoms with van der Waals surface area (Å²) >= 11 is 7.48. The third-order valence-electron chi connectivity index (χ3n) is 4.53. The standard InChI is InChI=1S/C22H14ClN3O2S/c23-16-8-4-7-15(9-16)18-11-24-20(28-18)12-26-13-25-17-10-19(29-21(17)22(26)27)14-5-2-1-3-6-14/h1-11,13H,12H2. The minimum absolute atomic E-state index is 0.107. The van der Waals surface area contributed by atoms with Gasteiger partial charge in [0.15, 0.2) is 5.76 Å². The zero-order valence-electron chi connectivity index (χ0n) is 15.1. The van der Waals surface area contributed by atoms with E-state index in [9.17, 15) is 4.79 Å². The fraction of sp³-hybridized carbons (Fsp3) is 0.0455. The molecule has 142 valence electrons. The summed E-state index contributed by atoms with van der Waals surface area (Å²) in [6.07, 6.45) is 3.17. The minimum atomic E-state index is -0.107. The highest BCUT2D eigenvalue weighted by atomic mass is 35.5. The molecule has 7 heteroatoms. The van der Waals surface area contributed by atoms with Gasteiger partial charge in [0.05, 0.1) is 18.0 Å². The van der Waals surface area contributed by atoms with Gasteiger partial charge in [-0.3, -0.25) is 9.36 Å². The van der Waals surface area contributed by atoms with Gasteiger partial charge in [-0.05, 0) is 23.8 Å². The van der Waals surface area contributed by atoms with E-state index in [-0.39, 0.29) is 12.1 Å². The Labute approximate surface area is 174 Å². The SMILES string of the molecule is O=c1c2sc(-c3ccccc3)cc2ncn1Cc1ncc(-c2cccc(Cl)c2)o1. The fourth-order valence-electron chi connectivity index (χ4n) is 3.11. The van der Waals surface area contributed by atoms with E-state index >= 15 is 0 Å². The molecule has 5 nitrogen and oxygen atoms in total. The maximum absolute atomic E-state index is 12.9. The molecular formula is C22H14ClN3O2S. The first-order valence-corrected chi connectivity index (χ1v) is 10.1. The van der Waals surface area contributed by atoms with Crippen molar-refractivity contribution >= 4 is 33.2 Å². The Morgan fingerprint density at radius 3 is 2.66 bits per heavy atom. The van der Waals surface area contributed by atoms with Gasteiger partial charge in [-0.25, -0.2) is 9.97 Å². The quantitative estimate of drug-likeness (QED) is 0.387. The lowest BCUT2D eigenvalue weighted by Crippen LogP contribution is -2.20. The summed E-state index contributed by atoms with van der Waals surface area (Å²) in [4.78, 5) is 22.7. The predicted octanol–water partition coefficient (Wildman–Crippen LogP) is 5.48. The van der Waals surface area contributed by atoms with Crippen LogP contribution in [-0.2, 0) is 6.54 Å². The zero-order chi connectivity index (χ0) is 19.8. The van der Waals surface area contributed by atoms with Crippen LogP contribution in [0.5, 0.6) is 0 Å². The minimum Gasteiger partial charge on any atom is -0.439 e. The van der Waals surface area contributed by atoms with Gasteiger partial charge in [0.1, 0.15) is 11.2 Å². The Hall–Kier alpha value is -3.22. The number of nitrogens with zero attached hydrogens (tertiary/aromatic N) is 3. The van der Waals surface area contributed by atoms with Crippen molar-refractivity contribution in [2.24, 2.45) is 0 Å². The van der Waals surface area contributed by atoms with E-state index in [4.69, 9.17) is 16.0 Å². The Kier molecular flexibility index (Phi) is 4.50. The zero-order valence-corrected chi connectivity index (χ0v) is 16.7. The van der Waals surface area contributed by atoms with Crippen LogP contribution in [0.15, 0.2) is 82.4 Å². The van der Waals surface area contributed by atoms with Gasteiger partial charge >= 0.3 is 0 Å². The summed E-state index contributed by atoms with van der Waals surface area (Å²) in [5.41, 5.74) is 2.50. The molecule has 3 aromatic heterocycles. The molecule has 0 aliphatic rings. The molecule has 0 unspecified atom stereocenters. The molecule has 0 fully saturated rings. The van der Waals surface area contributed by atoms with E-state index in [2.05, 4.69) is 9.97 Å². The number of halogens is 1. The first-order chi connectivity index (χ1) is 14.2. The second-order valence-electron chi connectivity index (χ2n) is 6.50. The summed E-state index contributed by atoms with van der Waals surface area (Å²) in [6.45, 7) is 0.209. The topological polar surface area (TPSA) is 60.9 Å². The van der Waals surface area contributed by atoms with Crippen molar-refractivity contribution in [3.05, 3.63) is 94.5 Å². The van der Waals surface area contributed by atoms with Crippen molar-refractivity contribution in [3.63, 3.8) is 0 Å². The Balaban J connectivity index is 1.47. The van der Waals surface area contributed by atoms with E-state index in [1.54, 1.807) is 12.3 Å². The van der Waals surface area contributed by atoms with Crippen molar-refractivity contribution in [3.8, 4) is 21.8 Å². The molecule has 0 radical (unpaired) electrons. The fourth-order valence-corrected chi connectivity index (χ4v) is 4.36. The highest BCUT2D eigenvalue weighted by Crippen LogP contribution is 2.30. The second kappa shape index (κ2) is 7.31. The van der Waals surface area contributed by atoms with Gasteiger partial charge in [-0.2, -0.15) is 0 Å². The van der Waals surface area contributed by atoms with Crippen molar-refractivity contribution in [2.75, 3.05) is 0 Å². The number of hydrogen-bond donors (Lipinski definition) is 0. The Morgan fingerprint density at radius 1 is 1.00 bits per heavy atom. The number of oxazole rings is 1. The number of thiophene rings is 1. The van der Waals surface area contributed by atoms with Crippen LogP contribution in [0.4, 0.5) is 0 Å². The van der Waals surface area contributed by atoms with Crippen LogP contribution >= 0.6 is 22.9 Å². The van der Waals surface area contributed by atoms with Gasteiger partial charge in [-0.15, -0.1) is 11.3 Å². The van der Waals surface area contributed by atoms with Crippen LogP contribution in [-0.4, -0.2) is 14.5 Å². The molecule has 0 saturated carbocycles. The maximum atomic E-state index is 12.9. The van der Waals surface area contributed by atoms with Crippen molar-refractivity contribution in [2.45, 2.75) is 6.54 Å². The molecular weight excluding hydrogens is 406 g/mol. The van der Waals surface area contributed by atoms with E-state index < -0.39 is 0 Å². The number of rotatable bonds is 4. The van der Waals surface area contributed by atoms with Gasteiger partial charge in [0.25, 0.3) is 5.56 Å². The third kappa shape index (κ3) is 3.48. The molecule has 5 aromatic rings. The molecule has 3 heterocycles. The Morgan fingerprint density at radius 2 is 1.83 bits per heavy atom. The lowest BCUT2D eigenvalue weighted by Gasteiger charge is -2.01. The molecule has 0 bridgehead atoms. The van der Waals surface area contributed by atoms with Crippen molar-refractivity contribution in [1.82, 2.24) is 14.5 Å². The molecule has 0 aliphatic heterocycles. The van der Waals surface area contributed by atoms with Crippen molar-refractivity contribution < 1.29 is 4.42 Å². The Bertz CT molecular complexity index is 1370. The summed E-state index contributed by atoms with van der Waals surface area (Å²) < 4.78 is 7.95. The van der Waals surface area contributed by atoms with Crippen LogP contribution in [0.2, 0.25) is 5.02 Å². The average Bonchev–Trinajstić information content (AvgIpc) is 3.39. The van der Waals surface area contributed by atoms with Gasteiger partial charge < -0.3 is 4.42 Å². The normalized spacial score (nSPS) is 11.2. The molecule has 0 aliphatic carbocycles. The molecule has 5 rings (SSSR count). The van der Waals surface area contributed by atoms with Gasteiger partial charge in [0, 0.05) is 15.5 Å². The van der Waals surface area contributed by atoms with Crippen LogP contribution in [0.1, 0.15) is 5.89 Å². The number of benzene rings is 2. The number of aromatic nitrogens is 3. The van der Waals surface area contributed by atoms with E-state index in [1.807, 2.05) is 54.6 Å². The van der Waals surface area contributed by atoms with Crippen molar-refractivity contribution in [1.29, 1.82) is 0 Å². The highest BCUT2D eigenvalue weighted by molar-refractivity contribution is 7.22. The molecule has 0 saturated heterocycles. The van der Waals surface area contributed by atoms with E-state index in [0.717, 1.165) is 16.0 Å². The lowest BCUT2D eigenvalue weighted by atomic mass is 10.2. The summed E-state index contributed by atoms with van der Waals surface area (Å²) in [5.74, 6) is 1.04. The molecule has 2 aromatic carbocycles. The first kappa shape index (κ1) is 17.8. The lowest BCUT2D eigenvalue weighted by molar-refractivity contribution is 0.484. The number of fused-ring (bicyclic) bond motifs is 1. The van der Waals surface area contributed by atoms with Crippen LogP contribution < -0.4 is 5.56 Å². The van der Waals surface area contributed by atoms with E-state index in [1.165, 1.54) is 22.2 Å². The summed E-state index contributed by atoms with van der Waals surface area (Å²) in [6, 6.07) is 19.3. The van der Waals surface area contributed by atoms with Gasteiger partial charge in [0.2, 0.25) is 5.89 Å². The highest BCUT2D eigenvalue weighted by Gasteiger charge is 2.13. The third-order valence-corrected chi connectivity index (χ3v) is 5.93. The molecule has 0 N–H and O–H groups in total. The molecule has 0 atom stereocenters. The number of hydrogen-bond acceptors (Lipinski definition) is 5. The van der Waals surface area contributed by atoms with Crippen LogP contribution in [0, 0.1) is 0 Å². The first-order valence-electron chi connectivity index (χ1n) is 8.92. The van der Waals surface area contributed by atoms with Crippen LogP contribution in [0.3, 0.4) is 0 Å². The largest absolute Gasteiger partial charge is 0.439 e. The van der Waals surface area contributed by atoms with Crippen LogP contribution in [0.25, 0.3) is 32.0 Å².